The van der Waals surface area contributed by atoms with E-state index in [4.69, 9.17) is 10.3 Å². The number of hydrogen-bond acceptors (Lipinski definition) is 4. The number of carbonyl (C=O) groups excluding carboxylic acids is 2. The van der Waals surface area contributed by atoms with E-state index in [0.717, 1.165) is 12.8 Å². The average molecular weight is 212 g/mol. The quantitative estimate of drug-likeness (QED) is 0.179. The summed E-state index contributed by atoms with van der Waals surface area (Å²) < 4.78 is 4.87. The summed E-state index contributed by atoms with van der Waals surface area (Å²) in [5.74, 6) is -0.981. The molecule has 0 saturated carbocycles. The van der Waals surface area contributed by atoms with Crippen molar-refractivity contribution in [2.45, 2.75) is 31.8 Å². The van der Waals surface area contributed by atoms with E-state index in [-0.39, 0.29) is 0 Å². The lowest BCUT2D eigenvalue weighted by atomic mass is 10.0. The smallest absolute Gasteiger partial charge is 0.329 e. The number of nitrogens with zero attached hydrogens (tertiary/aromatic N) is 3. The van der Waals surface area contributed by atoms with E-state index >= 15 is 0 Å². The predicted octanol–water partition coefficient (Wildman–Crippen LogP) is 0.507. The van der Waals surface area contributed by atoms with Gasteiger partial charge < -0.3 is 10.1 Å². The standard InChI is InChI=1S/C8H12N4O3/c1-2-3-4-15-8(14)6-5(11-12-9)7(13)10-6/h5-6H,2-4H2,1H3,(H,10,13)/t5-,6-/m1/s1. The third-order valence-corrected chi connectivity index (χ3v) is 2.05. The fraction of sp³-hybridized carbons (Fsp3) is 0.750. The SMILES string of the molecule is CCCCOC(=O)[C@@H]1NC(=O)[C@@H]1N=[N+]=[N-]. The van der Waals surface area contributed by atoms with Crippen molar-refractivity contribution in [1.82, 2.24) is 5.32 Å². The molecule has 0 aromatic carbocycles. The van der Waals surface area contributed by atoms with E-state index in [9.17, 15) is 9.59 Å². The monoisotopic (exact) mass is 212 g/mol. The van der Waals surface area contributed by atoms with Crippen LogP contribution < -0.4 is 5.32 Å². The van der Waals surface area contributed by atoms with Crippen LogP contribution in [0.5, 0.6) is 0 Å². The second kappa shape index (κ2) is 5.21. The molecule has 1 fully saturated rings. The highest BCUT2D eigenvalue weighted by Crippen LogP contribution is 2.12. The van der Waals surface area contributed by atoms with Gasteiger partial charge in [-0.3, -0.25) is 4.79 Å². The molecule has 0 bridgehead atoms. The molecule has 82 valence electrons. The molecule has 1 aliphatic heterocycles. The fourth-order valence-corrected chi connectivity index (χ4v) is 1.14. The summed E-state index contributed by atoms with van der Waals surface area (Å²) in [5.41, 5.74) is 8.16. The molecular weight excluding hydrogens is 200 g/mol. The summed E-state index contributed by atoms with van der Waals surface area (Å²) in [6.45, 7) is 2.30. The van der Waals surface area contributed by atoms with Crippen LogP contribution >= 0.6 is 0 Å². The van der Waals surface area contributed by atoms with Crippen molar-refractivity contribution in [2.75, 3.05) is 6.61 Å². The normalized spacial score (nSPS) is 23.4. The molecule has 1 saturated heterocycles. The molecule has 1 N–H and O–H groups in total. The van der Waals surface area contributed by atoms with Gasteiger partial charge >= 0.3 is 5.97 Å². The van der Waals surface area contributed by atoms with Gasteiger partial charge in [-0.15, -0.1) is 0 Å². The first-order valence-corrected chi connectivity index (χ1v) is 4.72. The van der Waals surface area contributed by atoms with Gasteiger partial charge in [0.2, 0.25) is 5.91 Å². The Bertz CT molecular complexity index is 309. The Hall–Kier alpha value is -1.75. The van der Waals surface area contributed by atoms with E-state index < -0.39 is 24.0 Å². The van der Waals surface area contributed by atoms with Crippen LogP contribution in [0.1, 0.15) is 19.8 Å². The molecule has 1 aliphatic rings. The van der Waals surface area contributed by atoms with E-state index in [2.05, 4.69) is 15.3 Å². The van der Waals surface area contributed by atoms with Crippen LogP contribution in [0.15, 0.2) is 5.11 Å². The van der Waals surface area contributed by atoms with Crippen molar-refractivity contribution in [2.24, 2.45) is 5.11 Å². The predicted molar refractivity (Wildman–Crippen MR) is 50.7 cm³/mol. The number of ether oxygens (including phenoxy) is 1. The van der Waals surface area contributed by atoms with Crippen molar-refractivity contribution >= 4 is 11.9 Å². The highest BCUT2D eigenvalue weighted by Gasteiger charge is 2.44. The number of azide groups is 1. The largest absolute Gasteiger partial charge is 0.464 e. The van der Waals surface area contributed by atoms with Crippen LogP contribution in [0.2, 0.25) is 0 Å². The topological polar surface area (TPSA) is 104 Å². The molecule has 7 nitrogen and oxygen atoms in total. The molecule has 0 spiro atoms. The van der Waals surface area contributed by atoms with E-state index in [0.29, 0.717) is 6.61 Å². The Labute approximate surface area is 86.4 Å². The van der Waals surface area contributed by atoms with Gasteiger partial charge in [-0.1, -0.05) is 18.5 Å². The number of amides is 1. The maximum absolute atomic E-state index is 11.3. The molecule has 2 atom stereocenters. The summed E-state index contributed by atoms with van der Waals surface area (Å²) in [6, 6.07) is -1.77. The lowest BCUT2D eigenvalue weighted by molar-refractivity contribution is -0.154. The second-order valence-corrected chi connectivity index (χ2v) is 3.16. The Balaban J connectivity index is 2.40. The van der Waals surface area contributed by atoms with Crippen LogP contribution in [0.3, 0.4) is 0 Å². The minimum absolute atomic E-state index is 0.324. The molecule has 0 radical (unpaired) electrons. The molecule has 1 amide bonds. The molecular formula is C8H12N4O3. The van der Waals surface area contributed by atoms with Crippen LogP contribution in [-0.4, -0.2) is 30.6 Å². The van der Waals surface area contributed by atoms with Crippen molar-refractivity contribution in [3.8, 4) is 0 Å². The number of esters is 1. The molecule has 1 heterocycles. The number of rotatable bonds is 5. The summed E-state index contributed by atoms with van der Waals surface area (Å²) >= 11 is 0. The van der Waals surface area contributed by atoms with Gasteiger partial charge in [-0.2, -0.15) is 0 Å². The Morgan fingerprint density at radius 2 is 2.47 bits per heavy atom. The Kier molecular flexibility index (Phi) is 3.93. The van der Waals surface area contributed by atoms with Gasteiger partial charge in [0.15, 0.2) is 0 Å². The molecule has 7 heteroatoms. The third-order valence-electron chi connectivity index (χ3n) is 2.05. The zero-order chi connectivity index (χ0) is 11.3. The lowest BCUT2D eigenvalue weighted by Crippen LogP contribution is -2.65. The van der Waals surface area contributed by atoms with E-state index in [1.807, 2.05) is 6.92 Å². The van der Waals surface area contributed by atoms with E-state index in [1.165, 1.54) is 0 Å². The second-order valence-electron chi connectivity index (χ2n) is 3.16. The minimum Gasteiger partial charge on any atom is -0.464 e. The zero-order valence-corrected chi connectivity index (χ0v) is 8.34. The molecule has 1 rings (SSSR count). The Morgan fingerprint density at radius 3 is 3.00 bits per heavy atom. The number of β-lactam (4-membered cyclic amide) rings is 1. The van der Waals surface area contributed by atoms with Crippen molar-refractivity contribution < 1.29 is 14.3 Å². The number of hydrogen-bond donors (Lipinski definition) is 1. The van der Waals surface area contributed by atoms with Crippen LogP contribution in [0, 0.1) is 0 Å². The number of nitrogens with one attached hydrogen (secondary N) is 1. The number of unbranched alkanes of at least 4 members (excludes halogenated alkanes) is 1. The highest BCUT2D eigenvalue weighted by atomic mass is 16.5. The average Bonchev–Trinajstić information content (AvgIpc) is 2.22. The van der Waals surface area contributed by atoms with Crippen LogP contribution in [0.4, 0.5) is 0 Å². The van der Waals surface area contributed by atoms with Gasteiger partial charge in [-0.25, -0.2) is 4.79 Å². The maximum Gasteiger partial charge on any atom is 0.329 e. The highest BCUT2D eigenvalue weighted by molar-refractivity contribution is 5.99. The van der Waals surface area contributed by atoms with E-state index in [1.54, 1.807) is 0 Å². The van der Waals surface area contributed by atoms with Gasteiger partial charge in [0, 0.05) is 4.91 Å². The molecule has 0 aromatic rings. The molecule has 0 unspecified atom stereocenters. The molecule has 0 aromatic heterocycles. The third kappa shape index (κ3) is 2.60. The summed E-state index contributed by atoms with van der Waals surface area (Å²) in [4.78, 5) is 24.7. The van der Waals surface area contributed by atoms with Crippen LogP contribution in [-0.2, 0) is 14.3 Å². The van der Waals surface area contributed by atoms with Crippen molar-refractivity contribution in [3.63, 3.8) is 0 Å². The van der Waals surface area contributed by atoms with Gasteiger partial charge in [0.1, 0.15) is 12.1 Å². The lowest BCUT2D eigenvalue weighted by Gasteiger charge is -2.31. The van der Waals surface area contributed by atoms with Gasteiger partial charge in [0.05, 0.1) is 6.61 Å². The first-order valence-electron chi connectivity index (χ1n) is 4.72. The zero-order valence-electron chi connectivity index (χ0n) is 8.34. The van der Waals surface area contributed by atoms with Gasteiger partial charge in [0.25, 0.3) is 0 Å². The summed E-state index contributed by atoms with van der Waals surface area (Å²) in [6.07, 6.45) is 1.70. The van der Waals surface area contributed by atoms with Gasteiger partial charge in [-0.05, 0) is 12.0 Å². The minimum atomic E-state index is -0.955. The van der Waals surface area contributed by atoms with Crippen LogP contribution in [0.25, 0.3) is 10.4 Å². The Morgan fingerprint density at radius 1 is 1.73 bits per heavy atom. The molecule has 15 heavy (non-hydrogen) atoms. The summed E-state index contributed by atoms with van der Waals surface area (Å²) in [7, 11) is 0. The summed E-state index contributed by atoms with van der Waals surface area (Å²) in [5, 5.41) is 5.54. The van der Waals surface area contributed by atoms with Crippen molar-refractivity contribution in [1.29, 1.82) is 0 Å². The first kappa shape index (κ1) is 11.3. The maximum atomic E-state index is 11.3. The fourth-order valence-electron chi connectivity index (χ4n) is 1.14. The number of carbonyl (C=O) groups is 2. The van der Waals surface area contributed by atoms with Crippen molar-refractivity contribution in [3.05, 3.63) is 10.4 Å². The first-order chi connectivity index (χ1) is 7.20. The molecule has 0 aliphatic carbocycles.